The molecule has 4 aromatic rings. The maximum absolute atomic E-state index is 12.3. The van der Waals surface area contributed by atoms with Crippen LogP contribution in [0.4, 0.5) is 0 Å². The summed E-state index contributed by atoms with van der Waals surface area (Å²) >= 11 is 0. The van der Waals surface area contributed by atoms with Gasteiger partial charge in [0, 0.05) is 113 Å². The van der Waals surface area contributed by atoms with E-state index in [-0.39, 0.29) is 5.91 Å². The van der Waals surface area contributed by atoms with Crippen molar-refractivity contribution in [3.63, 3.8) is 0 Å². The summed E-state index contributed by atoms with van der Waals surface area (Å²) in [6.07, 6.45) is 8.75. The van der Waals surface area contributed by atoms with E-state index in [0.717, 1.165) is 112 Å². The molecular formula is C31H38N8O2. The van der Waals surface area contributed by atoms with Gasteiger partial charge in [0.1, 0.15) is 0 Å². The lowest BCUT2D eigenvalue weighted by atomic mass is 9.96. The number of aromatic nitrogens is 5. The Kier molecular flexibility index (Phi) is 7.28. The van der Waals surface area contributed by atoms with Gasteiger partial charge in [-0.2, -0.15) is 10.2 Å². The van der Waals surface area contributed by atoms with E-state index in [1.807, 2.05) is 22.0 Å². The van der Waals surface area contributed by atoms with Gasteiger partial charge in [0.2, 0.25) is 5.91 Å². The standard InChI is InChI=1S/C31H38N8O2/c1-22(40)37-10-5-30-28(21-37)31(35-39(30)25-6-15-41-16-7-25)26-4-2-3-23-17-29(33-19-27(23)26)24-18-34-38(20-24)14-13-36-11-8-32-9-12-36/h2-4,17-20,25,32H,5-16,21H2,1H3. The molecular weight excluding hydrogens is 516 g/mol. The molecule has 3 aromatic heterocycles. The SMILES string of the molecule is CC(=O)N1CCc2c(c(-c3cccc4cc(-c5cnn(CCN6CCNCC6)c5)ncc34)nn2C2CCOCC2)C1. The Morgan fingerprint density at radius 1 is 1.10 bits per heavy atom. The van der Waals surface area contributed by atoms with Crippen LogP contribution in [0.25, 0.3) is 33.3 Å². The number of benzene rings is 1. The predicted octanol–water partition coefficient (Wildman–Crippen LogP) is 3.12. The van der Waals surface area contributed by atoms with Gasteiger partial charge in [0.05, 0.1) is 30.2 Å². The zero-order chi connectivity index (χ0) is 27.8. The summed E-state index contributed by atoms with van der Waals surface area (Å²) in [5, 5.41) is 15.5. The first-order valence-corrected chi connectivity index (χ1v) is 14.9. The van der Waals surface area contributed by atoms with Crippen molar-refractivity contribution < 1.29 is 9.53 Å². The van der Waals surface area contributed by atoms with Gasteiger partial charge in [-0.05, 0) is 24.3 Å². The second kappa shape index (κ2) is 11.3. The number of ether oxygens (including phenoxy) is 1. The van der Waals surface area contributed by atoms with Crippen LogP contribution < -0.4 is 5.32 Å². The monoisotopic (exact) mass is 554 g/mol. The number of carbonyl (C=O) groups is 1. The molecule has 3 aliphatic heterocycles. The summed E-state index contributed by atoms with van der Waals surface area (Å²) in [5.41, 5.74) is 6.41. The topological polar surface area (TPSA) is 93.3 Å². The van der Waals surface area contributed by atoms with E-state index in [0.29, 0.717) is 12.6 Å². The van der Waals surface area contributed by atoms with Gasteiger partial charge in [-0.3, -0.25) is 24.0 Å². The highest BCUT2D eigenvalue weighted by molar-refractivity contribution is 5.97. The molecule has 0 atom stereocenters. The zero-order valence-electron chi connectivity index (χ0n) is 23.8. The molecule has 10 heteroatoms. The first-order chi connectivity index (χ1) is 20.1. The lowest BCUT2D eigenvalue weighted by Crippen LogP contribution is -2.44. The van der Waals surface area contributed by atoms with Crippen LogP contribution in [-0.2, 0) is 29.0 Å². The predicted molar refractivity (Wildman–Crippen MR) is 157 cm³/mol. The Balaban J connectivity index is 1.20. The molecule has 0 bridgehead atoms. The van der Waals surface area contributed by atoms with Crippen molar-refractivity contribution in [3.05, 3.63) is 54.1 Å². The quantitative estimate of drug-likeness (QED) is 0.392. The first-order valence-electron chi connectivity index (χ1n) is 14.9. The number of hydrogen-bond donors (Lipinski definition) is 1. The van der Waals surface area contributed by atoms with Crippen molar-refractivity contribution in [1.29, 1.82) is 0 Å². The van der Waals surface area contributed by atoms with E-state index in [1.54, 1.807) is 6.92 Å². The third kappa shape index (κ3) is 5.27. The minimum atomic E-state index is 0.109. The van der Waals surface area contributed by atoms with Gasteiger partial charge in [0.25, 0.3) is 0 Å². The fraction of sp³-hybridized carbons (Fsp3) is 0.484. The molecule has 6 heterocycles. The van der Waals surface area contributed by atoms with Crippen molar-refractivity contribution in [2.45, 2.75) is 45.3 Å². The molecule has 1 aromatic carbocycles. The molecule has 41 heavy (non-hydrogen) atoms. The van der Waals surface area contributed by atoms with Gasteiger partial charge in [-0.25, -0.2) is 0 Å². The molecule has 7 rings (SSSR count). The van der Waals surface area contributed by atoms with E-state index in [1.165, 1.54) is 11.3 Å². The molecule has 0 spiro atoms. The second-order valence-electron chi connectivity index (χ2n) is 11.4. The van der Waals surface area contributed by atoms with Crippen LogP contribution in [0.1, 0.15) is 37.1 Å². The summed E-state index contributed by atoms with van der Waals surface area (Å²) in [6.45, 7) is 10.7. The van der Waals surface area contributed by atoms with E-state index in [9.17, 15) is 4.79 Å². The van der Waals surface area contributed by atoms with E-state index >= 15 is 0 Å². The Labute approximate surface area is 240 Å². The molecule has 2 fully saturated rings. The zero-order valence-corrected chi connectivity index (χ0v) is 23.8. The van der Waals surface area contributed by atoms with Crippen LogP contribution in [0, 0.1) is 0 Å². The number of pyridine rings is 1. The van der Waals surface area contributed by atoms with Crippen LogP contribution in [0.15, 0.2) is 42.9 Å². The highest BCUT2D eigenvalue weighted by atomic mass is 16.5. The Bertz CT molecular complexity index is 1550. The van der Waals surface area contributed by atoms with Crippen LogP contribution >= 0.6 is 0 Å². The Morgan fingerprint density at radius 2 is 1.95 bits per heavy atom. The van der Waals surface area contributed by atoms with Gasteiger partial charge in [0.15, 0.2) is 0 Å². The Morgan fingerprint density at radius 3 is 2.78 bits per heavy atom. The average molecular weight is 555 g/mol. The van der Waals surface area contributed by atoms with Gasteiger partial charge in [-0.15, -0.1) is 0 Å². The summed E-state index contributed by atoms with van der Waals surface area (Å²) in [4.78, 5) is 21.6. The number of amides is 1. The van der Waals surface area contributed by atoms with Crippen LogP contribution in [-0.4, -0.2) is 92.7 Å². The maximum atomic E-state index is 12.3. The molecule has 0 radical (unpaired) electrons. The van der Waals surface area contributed by atoms with Gasteiger partial charge >= 0.3 is 0 Å². The van der Waals surface area contributed by atoms with Crippen LogP contribution in [0.2, 0.25) is 0 Å². The molecule has 0 aliphatic carbocycles. The second-order valence-corrected chi connectivity index (χ2v) is 11.4. The highest BCUT2D eigenvalue weighted by Crippen LogP contribution is 2.37. The first kappa shape index (κ1) is 26.3. The van der Waals surface area contributed by atoms with Crippen molar-refractivity contribution in [2.24, 2.45) is 0 Å². The minimum Gasteiger partial charge on any atom is -0.381 e. The van der Waals surface area contributed by atoms with Crippen molar-refractivity contribution in [1.82, 2.24) is 39.7 Å². The third-order valence-electron chi connectivity index (χ3n) is 8.87. The highest BCUT2D eigenvalue weighted by Gasteiger charge is 2.30. The number of piperazine rings is 1. The summed E-state index contributed by atoms with van der Waals surface area (Å²) < 4.78 is 9.91. The van der Waals surface area contributed by atoms with E-state index in [4.69, 9.17) is 14.8 Å². The smallest absolute Gasteiger partial charge is 0.219 e. The molecule has 1 N–H and O–H groups in total. The summed E-state index contributed by atoms with van der Waals surface area (Å²) in [5.74, 6) is 0.109. The average Bonchev–Trinajstić information content (AvgIpc) is 3.65. The van der Waals surface area contributed by atoms with Crippen molar-refractivity contribution in [3.8, 4) is 22.5 Å². The van der Waals surface area contributed by atoms with Crippen molar-refractivity contribution in [2.75, 3.05) is 52.5 Å². The number of rotatable bonds is 6. The Hall–Kier alpha value is -3.60. The van der Waals surface area contributed by atoms with E-state index in [2.05, 4.69) is 50.5 Å². The van der Waals surface area contributed by atoms with E-state index < -0.39 is 0 Å². The molecule has 0 saturated carbocycles. The fourth-order valence-electron chi connectivity index (χ4n) is 6.50. The molecule has 10 nitrogen and oxygen atoms in total. The maximum Gasteiger partial charge on any atom is 0.219 e. The minimum absolute atomic E-state index is 0.109. The van der Waals surface area contributed by atoms with Crippen LogP contribution in [0.5, 0.6) is 0 Å². The molecule has 3 aliphatic rings. The fourth-order valence-corrected chi connectivity index (χ4v) is 6.50. The normalized spacial score (nSPS) is 18.6. The largest absolute Gasteiger partial charge is 0.381 e. The lowest BCUT2D eigenvalue weighted by molar-refractivity contribution is -0.129. The summed E-state index contributed by atoms with van der Waals surface area (Å²) in [7, 11) is 0. The number of carbonyl (C=O) groups excluding carboxylic acids is 1. The molecule has 0 unspecified atom stereocenters. The van der Waals surface area contributed by atoms with Crippen LogP contribution in [0.3, 0.4) is 0 Å². The van der Waals surface area contributed by atoms with Gasteiger partial charge < -0.3 is 15.0 Å². The summed E-state index contributed by atoms with van der Waals surface area (Å²) in [6, 6.07) is 8.87. The van der Waals surface area contributed by atoms with Gasteiger partial charge in [-0.1, -0.05) is 18.2 Å². The number of fused-ring (bicyclic) bond motifs is 2. The number of hydrogen-bond acceptors (Lipinski definition) is 7. The molecule has 2 saturated heterocycles. The lowest BCUT2D eigenvalue weighted by Gasteiger charge is -2.29. The number of nitrogens with zero attached hydrogens (tertiary/aromatic N) is 7. The number of nitrogens with one attached hydrogen (secondary N) is 1. The molecule has 1 amide bonds. The third-order valence-corrected chi connectivity index (χ3v) is 8.87. The molecule has 214 valence electrons. The van der Waals surface area contributed by atoms with Crippen molar-refractivity contribution >= 4 is 16.7 Å².